The van der Waals surface area contributed by atoms with Crippen molar-refractivity contribution < 1.29 is 0 Å². The van der Waals surface area contributed by atoms with Crippen LogP contribution in [0.3, 0.4) is 0 Å². The molecule has 3 heterocycles. The lowest BCUT2D eigenvalue weighted by molar-refractivity contribution is 0.600. The Hall–Kier alpha value is -2.91. The van der Waals surface area contributed by atoms with Crippen LogP contribution in [0.2, 0.25) is 0 Å². The molecule has 1 aliphatic rings. The van der Waals surface area contributed by atoms with Crippen LogP contribution in [0.4, 0.5) is 5.95 Å². The summed E-state index contributed by atoms with van der Waals surface area (Å²) in [5.41, 5.74) is 9.42. The Morgan fingerprint density at radius 2 is 2.12 bits per heavy atom. The first-order valence-electron chi connectivity index (χ1n) is 8.54. The van der Waals surface area contributed by atoms with Crippen molar-refractivity contribution in [2.75, 3.05) is 24.5 Å². The second kappa shape index (κ2) is 6.54. The van der Waals surface area contributed by atoms with Crippen molar-refractivity contribution in [3.8, 4) is 6.07 Å². The van der Waals surface area contributed by atoms with E-state index < -0.39 is 0 Å². The van der Waals surface area contributed by atoms with Gasteiger partial charge in [-0.1, -0.05) is 12.1 Å². The fourth-order valence-electron chi connectivity index (χ4n) is 3.41. The maximum atomic E-state index is 8.94. The van der Waals surface area contributed by atoms with Gasteiger partial charge in [0.05, 0.1) is 28.8 Å². The lowest BCUT2D eigenvalue weighted by Crippen LogP contribution is -2.25. The van der Waals surface area contributed by atoms with E-state index in [2.05, 4.69) is 26.6 Å². The highest BCUT2D eigenvalue weighted by Gasteiger charge is 2.26. The lowest BCUT2D eigenvalue weighted by atomic mass is 10.1. The molecule has 3 aromatic rings. The predicted octanol–water partition coefficient (Wildman–Crippen LogP) is 2.14. The Morgan fingerprint density at radius 3 is 2.84 bits per heavy atom. The van der Waals surface area contributed by atoms with E-state index in [1.54, 1.807) is 12.3 Å². The van der Waals surface area contributed by atoms with Crippen LogP contribution in [0.15, 0.2) is 42.6 Å². The highest BCUT2D eigenvalue weighted by molar-refractivity contribution is 5.79. The Labute approximate surface area is 146 Å². The SMILES string of the molecule is N#Cc1ccc(Cn2c(N3CC[C@H](CN)C3)nc3ccccc32)nc1. The molecule has 0 amide bonds. The van der Waals surface area contributed by atoms with Crippen LogP contribution < -0.4 is 10.6 Å². The molecule has 126 valence electrons. The van der Waals surface area contributed by atoms with Crippen molar-refractivity contribution in [3.05, 3.63) is 53.9 Å². The number of imidazole rings is 1. The largest absolute Gasteiger partial charge is 0.342 e. The van der Waals surface area contributed by atoms with Crippen LogP contribution >= 0.6 is 0 Å². The van der Waals surface area contributed by atoms with Crippen LogP contribution in [0.5, 0.6) is 0 Å². The summed E-state index contributed by atoms with van der Waals surface area (Å²) in [6.45, 7) is 3.27. The highest BCUT2D eigenvalue weighted by atomic mass is 15.3. The first-order chi connectivity index (χ1) is 12.3. The van der Waals surface area contributed by atoms with E-state index in [1.807, 2.05) is 24.3 Å². The number of para-hydroxylation sites is 2. The smallest absolute Gasteiger partial charge is 0.206 e. The molecule has 2 N–H and O–H groups in total. The third-order valence-corrected chi connectivity index (χ3v) is 4.81. The number of anilines is 1. The predicted molar refractivity (Wildman–Crippen MR) is 97.2 cm³/mol. The van der Waals surface area contributed by atoms with Crippen LogP contribution in [0.1, 0.15) is 17.7 Å². The maximum absolute atomic E-state index is 8.94. The summed E-state index contributed by atoms with van der Waals surface area (Å²) in [5.74, 6) is 1.50. The van der Waals surface area contributed by atoms with Crippen molar-refractivity contribution >= 4 is 17.0 Å². The zero-order valence-electron chi connectivity index (χ0n) is 14.0. The van der Waals surface area contributed by atoms with E-state index >= 15 is 0 Å². The lowest BCUT2D eigenvalue weighted by Gasteiger charge is -2.19. The van der Waals surface area contributed by atoms with Gasteiger partial charge in [-0.2, -0.15) is 5.26 Å². The van der Waals surface area contributed by atoms with Gasteiger partial charge < -0.3 is 15.2 Å². The van der Waals surface area contributed by atoms with E-state index in [4.69, 9.17) is 16.0 Å². The van der Waals surface area contributed by atoms with E-state index in [9.17, 15) is 0 Å². The Morgan fingerprint density at radius 1 is 1.24 bits per heavy atom. The second-order valence-electron chi connectivity index (χ2n) is 6.47. The molecule has 0 aliphatic carbocycles. The minimum absolute atomic E-state index is 0.529. The van der Waals surface area contributed by atoms with Gasteiger partial charge >= 0.3 is 0 Å². The molecule has 1 fully saturated rings. The van der Waals surface area contributed by atoms with Crippen LogP contribution in [0, 0.1) is 17.2 Å². The number of fused-ring (bicyclic) bond motifs is 1. The average Bonchev–Trinajstić information content (AvgIpc) is 3.27. The standard InChI is InChI=1S/C19H20N6/c20-9-14-5-6-16(22-11-14)13-25-18-4-2-1-3-17(18)23-19(25)24-8-7-15(10-21)12-24/h1-6,11,15H,7-8,10,12-13,21H2/t15-/m1/s1. The van der Waals surface area contributed by atoms with Gasteiger partial charge in [-0.05, 0) is 43.1 Å². The topological polar surface area (TPSA) is 83.8 Å². The first-order valence-corrected chi connectivity index (χ1v) is 8.54. The average molecular weight is 332 g/mol. The Kier molecular flexibility index (Phi) is 4.08. The Balaban J connectivity index is 1.72. The molecule has 1 aromatic carbocycles. The molecule has 6 nitrogen and oxygen atoms in total. The molecule has 4 rings (SSSR count). The van der Waals surface area contributed by atoms with E-state index in [-0.39, 0.29) is 0 Å². The second-order valence-corrected chi connectivity index (χ2v) is 6.47. The summed E-state index contributed by atoms with van der Waals surface area (Å²) >= 11 is 0. The monoisotopic (exact) mass is 332 g/mol. The van der Waals surface area contributed by atoms with Crippen molar-refractivity contribution in [3.63, 3.8) is 0 Å². The number of nitriles is 1. The molecular formula is C19H20N6. The Bertz CT molecular complexity index is 921. The zero-order valence-corrected chi connectivity index (χ0v) is 14.0. The summed E-state index contributed by atoms with van der Waals surface area (Å²) < 4.78 is 2.21. The minimum Gasteiger partial charge on any atom is -0.342 e. The summed E-state index contributed by atoms with van der Waals surface area (Å²) in [7, 11) is 0. The number of aromatic nitrogens is 3. The zero-order chi connectivity index (χ0) is 17.2. The van der Waals surface area contributed by atoms with Crippen molar-refractivity contribution in [2.24, 2.45) is 11.7 Å². The molecule has 0 bridgehead atoms. The number of hydrogen-bond donors (Lipinski definition) is 1. The molecule has 0 radical (unpaired) electrons. The van der Waals surface area contributed by atoms with E-state index in [0.29, 0.717) is 24.6 Å². The van der Waals surface area contributed by atoms with Gasteiger partial charge in [0.1, 0.15) is 6.07 Å². The van der Waals surface area contributed by atoms with E-state index in [1.165, 1.54) is 0 Å². The van der Waals surface area contributed by atoms with Crippen molar-refractivity contribution in [1.82, 2.24) is 14.5 Å². The summed E-state index contributed by atoms with van der Waals surface area (Å²) in [6, 6.07) is 14.0. The molecule has 1 saturated heterocycles. The fourth-order valence-corrected chi connectivity index (χ4v) is 3.41. The maximum Gasteiger partial charge on any atom is 0.206 e. The van der Waals surface area contributed by atoms with Gasteiger partial charge in [0.25, 0.3) is 0 Å². The number of nitrogens with two attached hydrogens (primary N) is 1. The molecule has 6 heteroatoms. The summed E-state index contributed by atoms with van der Waals surface area (Å²) in [5, 5.41) is 8.94. The molecule has 1 aliphatic heterocycles. The summed E-state index contributed by atoms with van der Waals surface area (Å²) in [4.78, 5) is 11.6. The van der Waals surface area contributed by atoms with E-state index in [0.717, 1.165) is 42.2 Å². The number of hydrogen-bond acceptors (Lipinski definition) is 5. The highest BCUT2D eigenvalue weighted by Crippen LogP contribution is 2.27. The molecule has 1 atom stereocenters. The van der Waals surface area contributed by atoms with Gasteiger partial charge in [0.2, 0.25) is 5.95 Å². The number of benzene rings is 1. The molecule has 0 spiro atoms. The van der Waals surface area contributed by atoms with Gasteiger partial charge in [-0.3, -0.25) is 4.98 Å². The first kappa shape index (κ1) is 15.6. The van der Waals surface area contributed by atoms with Gasteiger partial charge in [0, 0.05) is 19.3 Å². The fraction of sp³-hybridized carbons (Fsp3) is 0.316. The van der Waals surface area contributed by atoms with Crippen LogP contribution in [0.25, 0.3) is 11.0 Å². The summed E-state index contributed by atoms with van der Waals surface area (Å²) in [6.07, 6.45) is 2.73. The van der Waals surface area contributed by atoms with Gasteiger partial charge in [0.15, 0.2) is 0 Å². The van der Waals surface area contributed by atoms with Crippen molar-refractivity contribution in [1.29, 1.82) is 5.26 Å². The molecule has 2 aromatic heterocycles. The normalized spacial score (nSPS) is 17.1. The quantitative estimate of drug-likeness (QED) is 0.791. The molecule has 25 heavy (non-hydrogen) atoms. The third-order valence-electron chi connectivity index (χ3n) is 4.81. The van der Waals surface area contributed by atoms with Crippen LogP contribution in [-0.4, -0.2) is 34.2 Å². The number of rotatable bonds is 4. The minimum atomic E-state index is 0.529. The van der Waals surface area contributed by atoms with Crippen molar-refractivity contribution in [2.45, 2.75) is 13.0 Å². The molecular weight excluding hydrogens is 312 g/mol. The van der Waals surface area contributed by atoms with Gasteiger partial charge in [-0.15, -0.1) is 0 Å². The number of pyridine rings is 1. The number of nitrogens with zero attached hydrogens (tertiary/aromatic N) is 5. The van der Waals surface area contributed by atoms with Crippen LogP contribution in [-0.2, 0) is 6.54 Å². The van der Waals surface area contributed by atoms with Gasteiger partial charge in [-0.25, -0.2) is 4.98 Å². The molecule has 0 saturated carbocycles. The third kappa shape index (κ3) is 2.94. The molecule has 0 unspecified atom stereocenters.